The van der Waals surface area contributed by atoms with Crippen LogP contribution in [0.5, 0.6) is 0 Å². The molecule has 0 spiro atoms. The molecule has 6 heteroatoms. The first-order chi connectivity index (χ1) is 12.5. The minimum Gasteiger partial charge on any atom is -0.459 e. The van der Waals surface area contributed by atoms with Crippen LogP contribution in [0.15, 0.2) is 59.0 Å². The predicted molar refractivity (Wildman–Crippen MR) is 102 cm³/mol. The molecule has 0 saturated heterocycles. The summed E-state index contributed by atoms with van der Waals surface area (Å²) < 4.78 is 5.77. The number of para-hydroxylation sites is 1. The summed E-state index contributed by atoms with van der Waals surface area (Å²) in [6, 6.07) is 16.0. The van der Waals surface area contributed by atoms with Gasteiger partial charge < -0.3 is 20.4 Å². The van der Waals surface area contributed by atoms with Gasteiger partial charge in [0.2, 0.25) is 5.91 Å². The monoisotopic (exact) mass is 351 g/mol. The maximum atomic E-state index is 12.2. The topological polar surface area (TPSA) is 83.4 Å². The summed E-state index contributed by atoms with van der Waals surface area (Å²) >= 11 is 0. The molecule has 26 heavy (non-hydrogen) atoms. The van der Waals surface area contributed by atoms with E-state index in [2.05, 4.69) is 16.0 Å². The summed E-state index contributed by atoms with van der Waals surface area (Å²) in [5.74, 6) is 0.607. The van der Waals surface area contributed by atoms with E-state index in [0.29, 0.717) is 23.6 Å². The highest BCUT2D eigenvalue weighted by Crippen LogP contribution is 2.23. The normalized spacial score (nSPS) is 11.8. The number of fused-ring (bicyclic) bond motifs is 1. The van der Waals surface area contributed by atoms with Gasteiger partial charge in [-0.1, -0.05) is 31.2 Å². The zero-order valence-electron chi connectivity index (χ0n) is 14.7. The zero-order valence-corrected chi connectivity index (χ0v) is 14.7. The Morgan fingerprint density at radius 1 is 1.00 bits per heavy atom. The molecule has 1 atom stereocenters. The molecule has 0 saturated carbocycles. The van der Waals surface area contributed by atoms with Crippen molar-refractivity contribution in [2.45, 2.75) is 26.3 Å². The first-order valence-corrected chi connectivity index (χ1v) is 8.51. The smallest absolute Gasteiger partial charge is 0.319 e. The second-order valence-corrected chi connectivity index (χ2v) is 5.99. The molecule has 3 amide bonds. The fourth-order valence-electron chi connectivity index (χ4n) is 2.57. The fraction of sp³-hybridized carbons (Fsp3) is 0.200. The highest BCUT2D eigenvalue weighted by Gasteiger charge is 2.14. The molecule has 1 aromatic heterocycles. The van der Waals surface area contributed by atoms with Crippen LogP contribution < -0.4 is 16.0 Å². The number of furan rings is 1. The van der Waals surface area contributed by atoms with Gasteiger partial charge in [0, 0.05) is 23.2 Å². The van der Waals surface area contributed by atoms with Crippen LogP contribution in [0.2, 0.25) is 0 Å². The van der Waals surface area contributed by atoms with Gasteiger partial charge in [-0.25, -0.2) is 4.79 Å². The minimum absolute atomic E-state index is 0.0786. The molecule has 2 aromatic carbocycles. The van der Waals surface area contributed by atoms with Crippen LogP contribution in [-0.4, -0.2) is 11.9 Å². The molecule has 3 N–H and O–H groups in total. The van der Waals surface area contributed by atoms with Crippen molar-refractivity contribution >= 4 is 34.3 Å². The molecule has 3 rings (SSSR count). The molecular formula is C20H21N3O3. The average Bonchev–Trinajstić information content (AvgIpc) is 3.06. The third-order valence-electron chi connectivity index (χ3n) is 3.94. The maximum Gasteiger partial charge on any atom is 0.319 e. The van der Waals surface area contributed by atoms with Gasteiger partial charge in [0.15, 0.2) is 0 Å². The molecule has 0 bridgehead atoms. The number of carbonyl (C=O) groups excluding carboxylic acids is 2. The predicted octanol–water partition coefficient (Wildman–Crippen LogP) is 4.66. The molecule has 0 fully saturated rings. The van der Waals surface area contributed by atoms with Crippen molar-refractivity contribution in [3.63, 3.8) is 0 Å². The van der Waals surface area contributed by atoms with E-state index in [-0.39, 0.29) is 18.0 Å². The number of nitrogens with one attached hydrogen (secondary N) is 3. The SMILES string of the molecule is CCC(=O)Nc1cccc(NC(=O)NC(C)c2cc3ccccc3o2)c1. The minimum atomic E-state index is -0.350. The van der Waals surface area contributed by atoms with Crippen molar-refractivity contribution in [1.29, 1.82) is 0 Å². The molecule has 1 unspecified atom stereocenters. The number of benzene rings is 2. The van der Waals surface area contributed by atoms with Gasteiger partial charge in [-0.3, -0.25) is 4.79 Å². The molecule has 6 nitrogen and oxygen atoms in total. The Hall–Kier alpha value is -3.28. The third kappa shape index (κ3) is 4.22. The molecule has 0 aliphatic carbocycles. The quantitative estimate of drug-likeness (QED) is 0.625. The van der Waals surface area contributed by atoms with E-state index >= 15 is 0 Å². The van der Waals surface area contributed by atoms with Crippen molar-refractivity contribution in [2.24, 2.45) is 0 Å². The van der Waals surface area contributed by atoms with E-state index in [9.17, 15) is 9.59 Å². The summed E-state index contributed by atoms with van der Waals surface area (Å²) in [7, 11) is 0. The Bertz CT molecular complexity index is 900. The number of amides is 3. The molecule has 0 aliphatic heterocycles. The van der Waals surface area contributed by atoms with Crippen LogP contribution >= 0.6 is 0 Å². The second-order valence-electron chi connectivity index (χ2n) is 5.99. The lowest BCUT2D eigenvalue weighted by atomic mass is 10.2. The van der Waals surface area contributed by atoms with Crippen molar-refractivity contribution in [3.8, 4) is 0 Å². The van der Waals surface area contributed by atoms with E-state index < -0.39 is 0 Å². The van der Waals surface area contributed by atoms with Crippen LogP contribution in [0, 0.1) is 0 Å². The van der Waals surface area contributed by atoms with Crippen molar-refractivity contribution < 1.29 is 14.0 Å². The maximum absolute atomic E-state index is 12.2. The molecule has 3 aromatic rings. The largest absolute Gasteiger partial charge is 0.459 e. The second kappa shape index (κ2) is 7.74. The Morgan fingerprint density at radius 2 is 1.73 bits per heavy atom. The number of anilines is 2. The zero-order chi connectivity index (χ0) is 18.5. The van der Waals surface area contributed by atoms with E-state index in [4.69, 9.17) is 4.42 Å². The molecule has 0 radical (unpaired) electrons. The summed E-state index contributed by atoms with van der Waals surface area (Å²) in [6.45, 7) is 3.64. The first-order valence-electron chi connectivity index (χ1n) is 8.51. The highest BCUT2D eigenvalue weighted by atomic mass is 16.3. The van der Waals surface area contributed by atoms with Crippen LogP contribution in [0.3, 0.4) is 0 Å². The van der Waals surface area contributed by atoms with E-state index in [1.54, 1.807) is 31.2 Å². The lowest BCUT2D eigenvalue weighted by Crippen LogP contribution is -2.31. The number of hydrogen-bond acceptors (Lipinski definition) is 3. The molecule has 1 heterocycles. The summed E-state index contributed by atoms with van der Waals surface area (Å²) in [4.78, 5) is 23.7. The molecule has 134 valence electrons. The Labute approximate surface area is 151 Å². The number of urea groups is 1. The Morgan fingerprint density at radius 3 is 2.46 bits per heavy atom. The van der Waals surface area contributed by atoms with Crippen LogP contribution in [0.1, 0.15) is 32.1 Å². The number of carbonyl (C=O) groups is 2. The Balaban J connectivity index is 1.63. The van der Waals surface area contributed by atoms with E-state index in [0.717, 1.165) is 11.0 Å². The summed E-state index contributed by atoms with van der Waals surface area (Å²) in [5.41, 5.74) is 2.02. The van der Waals surface area contributed by atoms with Gasteiger partial charge in [0.1, 0.15) is 11.3 Å². The lowest BCUT2D eigenvalue weighted by Gasteiger charge is -2.13. The van der Waals surface area contributed by atoms with Crippen molar-refractivity contribution in [1.82, 2.24) is 5.32 Å². The Kier molecular flexibility index (Phi) is 5.22. The van der Waals surface area contributed by atoms with E-state index in [1.165, 1.54) is 0 Å². The highest BCUT2D eigenvalue weighted by molar-refractivity contribution is 5.93. The standard InChI is InChI=1S/C20H21N3O3/c1-3-19(24)22-15-8-6-9-16(12-15)23-20(25)21-13(2)18-11-14-7-4-5-10-17(14)26-18/h4-13H,3H2,1-2H3,(H,22,24)(H2,21,23,25). The van der Waals surface area contributed by atoms with Crippen molar-refractivity contribution in [3.05, 3.63) is 60.4 Å². The average molecular weight is 351 g/mol. The van der Waals surface area contributed by atoms with Gasteiger partial charge in [0.25, 0.3) is 0 Å². The van der Waals surface area contributed by atoms with Crippen LogP contribution in [0.25, 0.3) is 11.0 Å². The summed E-state index contributed by atoms with van der Waals surface area (Å²) in [6.07, 6.45) is 0.396. The van der Waals surface area contributed by atoms with Crippen LogP contribution in [-0.2, 0) is 4.79 Å². The molecular weight excluding hydrogens is 330 g/mol. The third-order valence-corrected chi connectivity index (χ3v) is 3.94. The number of hydrogen-bond donors (Lipinski definition) is 3. The van der Waals surface area contributed by atoms with Crippen LogP contribution in [0.4, 0.5) is 16.2 Å². The van der Waals surface area contributed by atoms with Gasteiger partial charge in [-0.2, -0.15) is 0 Å². The van der Waals surface area contributed by atoms with Gasteiger partial charge >= 0.3 is 6.03 Å². The summed E-state index contributed by atoms with van der Waals surface area (Å²) in [5, 5.41) is 9.37. The van der Waals surface area contributed by atoms with E-state index in [1.807, 2.05) is 37.3 Å². The fourth-order valence-corrected chi connectivity index (χ4v) is 2.57. The van der Waals surface area contributed by atoms with Gasteiger partial charge in [-0.15, -0.1) is 0 Å². The van der Waals surface area contributed by atoms with Gasteiger partial charge in [-0.05, 0) is 37.3 Å². The number of rotatable bonds is 5. The van der Waals surface area contributed by atoms with Gasteiger partial charge in [0.05, 0.1) is 6.04 Å². The molecule has 0 aliphatic rings. The first kappa shape index (κ1) is 17.5. The lowest BCUT2D eigenvalue weighted by molar-refractivity contribution is -0.115. The van der Waals surface area contributed by atoms with Crippen molar-refractivity contribution in [2.75, 3.05) is 10.6 Å².